The molecule has 4 heteroatoms. The molecule has 0 unspecified atom stereocenters. The lowest BCUT2D eigenvalue weighted by atomic mass is 9.98. The first kappa shape index (κ1) is 27.0. The van der Waals surface area contributed by atoms with Crippen molar-refractivity contribution in [3.05, 3.63) is 164 Å². The van der Waals surface area contributed by atoms with E-state index >= 15 is 0 Å². The van der Waals surface area contributed by atoms with E-state index in [0.29, 0.717) is 17.5 Å². The molecule has 4 nitrogen and oxygen atoms in total. The molecule has 2 aromatic heterocycles. The Morgan fingerprint density at radius 2 is 0.894 bits per heavy atom. The van der Waals surface area contributed by atoms with Gasteiger partial charge in [-0.25, -0.2) is 15.0 Å². The quantitative estimate of drug-likeness (QED) is 0.197. The molecule has 0 atom stereocenters. The van der Waals surface area contributed by atoms with Gasteiger partial charge in [0, 0.05) is 27.5 Å². The molecule has 0 fully saturated rings. The van der Waals surface area contributed by atoms with Crippen LogP contribution in [0.5, 0.6) is 0 Å². The summed E-state index contributed by atoms with van der Waals surface area (Å²) < 4.78 is 6.43. The monoisotopic (exact) mass is 601 g/mol. The zero-order valence-corrected chi connectivity index (χ0v) is 25.3. The SMILES string of the molecule is c1ccc(-c2ccc3ccc(-c4nc(-c5ccccc5)nc(-c5cc(-c6ccccc6)cc6oc7ccccc7c56)n4)cc3c2)cc1. The Morgan fingerprint density at radius 3 is 1.62 bits per heavy atom. The summed E-state index contributed by atoms with van der Waals surface area (Å²) in [5.41, 5.74) is 8.87. The van der Waals surface area contributed by atoms with Gasteiger partial charge in [0.1, 0.15) is 11.2 Å². The molecule has 0 amide bonds. The van der Waals surface area contributed by atoms with E-state index in [4.69, 9.17) is 19.4 Å². The van der Waals surface area contributed by atoms with Crippen LogP contribution in [0.4, 0.5) is 0 Å². The Kier molecular flexibility index (Phi) is 6.43. The molecule has 0 aliphatic heterocycles. The van der Waals surface area contributed by atoms with Gasteiger partial charge in [-0.3, -0.25) is 0 Å². The average Bonchev–Trinajstić information content (AvgIpc) is 3.53. The van der Waals surface area contributed by atoms with Gasteiger partial charge in [0.2, 0.25) is 0 Å². The summed E-state index contributed by atoms with van der Waals surface area (Å²) in [6.07, 6.45) is 0. The van der Waals surface area contributed by atoms with Crippen LogP contribution in [0.3, 0.4) is 0 Å². The fourth-order valence-corrected chi connectivity index (χ4v) is 6.37. The molecule has 7 aromatic carbocycles. The molecule has 9 aromatic rings. The third-order valence-electron chi connectivity index (χ3n) is 8.70. The highest BCUT2D eigenvalue weighted by atomic mass is 16.3. The van der Waals surface area contributed by atoms with Crippen molar-refractivity contribution in [2.75, 3.05) is 0 Å². The second-order valence-corrected chi connectivity index (χ2v) is 11.7. The van der Waals surface area contributed by atoms with Gasteiger partial charge >= 0.3 is 0 Å². The number of para-hydroxylation sites is 1. The highest BCUT2D eigenvalue weighted by molar-refractivity contribution is 6.13. The van der Waals surface area contributed by atoms with E-state index in [9.17, 15) is 0 Å². The summed E-state index contributed by atoms with van der Waals surface area (Å²) >= 11 is 0. The lowest BCUT2D eigenvalue weighted by Gasteiger charge is -2.12. The van der Waals surface area contributed by atoms with E-state index in [1.165, 1.54) is 11.1 Å². The Hall–Kier alpha value is -6.39. The van der Waals surface area contributed by atoms with Crippen LogP contribution < -0.4 is 0 Å². The standard InChI is InChI=1S/C43H27N3O/c1-4-12-28(13-5-1)32-22-20-30-21-23-33(25-34(30)24-32)42-44-41(31-16-8-3-9-17-31)45-43(46-42)37-26-35(29-14-6-2-7-15-29)27-39-40(37)36-18-10-11-19-38(36)47-39/h1-27H. The first-order valence-corrected chi connectivity index (χ1v) is 15.7. The average molecular weight is 602 g/mol. The van der Waals surface area contributed by atoms with Crippen molar-refractivity contribution in [1.82, 2.24) is 15.0 Å². The largest absolute Gasteiger partial charge is 0.456 e. The van der Waals surface area contributed by atoms with Crippen LogP contribution in [0.25, 0.3) is 89.1 Å². The predicted molar refractivity (Wildman–Crippen MR) is 192 cm³/mol. The Morgan fingerprint density at radius 1 is 0.340 bits per heavy atom. The van der Waals surface area contributed by atoms with Gasteiger partial charge in [0.05, 0.1) is 0 Å². The van der Waals surface area contributed by atoms with Crippen LogP contribution in [-0.4, -0.2) is 15.0 Å². The fraction of sp³-hybridized carbons (Fsp3) is 0. The molecule has 2 heterocycles. The highest BCUT2D eigenvalue weighted by Crippen LogP contribution is 2.40. The molecular formula is C43H27N3O. The van der Waals surface area contributed by atoms with Crippen molar-refractivity contribution in [1.29, 1.82) is 0 Å². The summed E-state index contributed by atoms with van der Waals surface area (Å²) in [5.74, 6) is 1.84. The Balaban J connectivity index is 1.29. The third kappa shape index (κ3) is 4.93. The van der Waals surface area contributed by atoms with Gasteiger partial charge < -0.3 is 4.42 Å². The lowest BCUT2D eigenvalue weighted by molar-refractivity contribution is 0.669. The number of rotatable bonds is 5. The zero-order chi connectivity index (χ0) is 31.2. The van der Waals surface area contributed by atoms with E-state index < -0.39 is 0 Å². The van der Waals surface area contributed by atoms with E-state index in [-0.39, 0.29) is 0 Å². The maximum Gasteiger partial charge on any atom is 0.164 e. The molecule has 0 radical (unpaired) electrons. The van der Waals surface area contributed by atoms with Crippen LogP contribution in [0.2, 0.25) is 0 Å². The number of hydrogen-bond donors (Lipinski definition) is 0. The van der Waals surface area contributed by atoms with Crippen LogP contribution in [0.15, 0.2) is 168 Å². The number of aromatic nitrogens is 3. The molecule has 47 heavy (non-hydrogen) atoms. The minimum Gasteiger partial charge on any atom is -0.456 e. The number of fused-ring (bicyclic) bond motifs is 4. The smallest absolute Gasteiger partial charge is 0.164 e. The fourth-order valence-electron chi connectivity index (χ4n) is 6.37. The third-order valence-corrected chi connectivity index (χ3v) is 8.70. The Labute approximate surface area is 271 Å². The molecule has 220 valence electrons. The van der Waals surface area contributed by atoms with Crippen LogP contribution in [0.1, 0.15) is 0 Å². The maximum absolute atomic E-state index is 6.43. The molecule has 0 saturated heterocycles. The van der Waals surface area contributed by atoms with E-state index in [1.54, 1.807) is 0 Å². The second-order valence-electron chi connectivity index (χ2n) is 11.7. The lowest BCUT2D eigenvalue weighted by Crippen LogP contribution is -2.00. The minimum atomic E-state index is 0.598. The summed E-state index contributed by atoms with van der Waals surface area (Å²) in [7, 11) is 0. The predicted octanol–water partition coefficient (Wildman–Crippen LogP) is 11.3. The first-order valence-electron chi connectivity index (χ1n) is 15.7. The number of nitrogens with zero attached hydrogens (tertiary/aromatic N) is 3. The van der Waals surface area contributed by atoms with E-state index in [2.05, 4.69) is 103 Å². The van der Waals surface area contributed by atoms with Gasteiger partial charge in [-0.1, -0.05) is 133 Å². The van der Waals surface area contributed by atoms with Crippen molar-refractivity contribution < 1.29 is 4.42 Å². The van der Waals surface area contributed by atoms with E-state index in [0.717, 1.165) is 60.5 Å². The van der Waals surface area contributed by atoms with Gasteiger partial charge in [-0.15, -0.1) is 0 Å². The summed E-state index contributed by atoms with van der Waals surface area (Å²) in [6.45, 7) is 0. The number of benzene rings is 7. The van der Waals surface area contributed by atoms with Crippen molar-refractivity contribution in [2.45, 2.75) is 0 Å². The Bertz CT molecular complexity index is 2560. The first-order chi connectivity index (χ1) is 23.3. The topological polar surface area (TPSA) is 51.8 Å². The normalized spacial score (nSPS) is 11.4. The molecule has 0 bridgehead atoms. The summed E-state index contributed by atoms with van der Waals surface area (Å²) in [4.78, 5) is 15.4. The van der Waals surface area contributed by atoms with Crippen LogP contribution in [-0.2, 0) is 0 Å². The zero-order valence-electron chi connectivity index (χ0n) is 25.3. The van der Waals surface area contributed by atoms with Gasteiger partial charge in [0.25, 0.3) is 0 Å². The molecule has 0 N–H and O–H groups in total. The van der Waals surface area contributed by atoms with Crippen molar-refractivity contribution in [3.63, 3.8) is 0 Å². The molecule has 0 saturated carbocycles. The van der Waals surface area contributed by atoms with Crippen LogP contribution >= 0.6 is 0 Å². The van der Waals surface area contributed by atoms with Gasteiger partial charge in [-0.2, -0.15) is 0 Å². The molecule has 0 aliphatic carbocycles. The summed E-state index contributed by atoms with van der Waals surface area (Å²) in [6, 6.07) is 56.4. The van der Waals surface area contributed by atoms with Crippen molar-refractivity contribution >= 4 is 32.7 Å². The van der Waals surface area contributed by atoms with Crippen molar-refractivity contribution in [3.8, 4) is 56.4 Å². The van der Waals surface area contributed by atoms with E-state index in [1.807, 2.05) is 60.7 Å². The number of furan rings is 1. The van der Waals surface area contributed by atoms with Crippen molar-refractivity contribution in [2.24, 2.45) is 0 Å². The summed E-state index contributed by atoms with van der Waals surface area (Å²) in [5, 5.41) is 4.30. The maximum atomic E-state index is 6.43. The number of hydrogen-bond acceptors (Lipinski definition) is 4. The second kappa shape index (κ2) is 11.2. The van der Waals surface area contributed by atoms with Gasteiger partial charge in [-0.05, 0) is 63.4 Å². The highest BCUT2D eigenvalue weighted by Gasteiger charge is 2.19. The molecule has 0 spiro atoms. The molecule has 0 aliphatic rings. The molecule has 9 rings (SSSR count). The van der Waals surface area contributed by atoms with Gasteiger partial charge in [0.15, 0.2) is 17.5 Å². The minimum absolute atomic E-state index is 0.598. The molecular weight excluding hydrogens is 574 g/mol. The van der Waals surface area contributed by atoms with Crippen LogP contribution in [0, 0.1) is 0 Å².